The van der Waals surface area contributed by atoms with Crippen molar-refractivity contribution >= 4 is 17.7 Å². The molecule has 4 fully saturated rings. The number of rotatable bonds is 7. The zero-order chi connectivity index (χ0) is 25.6. The number of hydrogen-bond donors (Lipinski definition) is 2. The molecule has 0 radical (unpaired) electrons. The average Bonchev–Trinajstić information content (AvgIpc) is 3.43. The Hall–Kier alpha value is -2.85. The first kappa shape index (κ1) is 24.8. The molecule has 4 aliphatic rings. The summed E-state index contributed by atoms with van der Waals surface area (Å²) in [5, 5.41) is 18.2. The van der Waals surface area contributed by atoms with Gasteiger partial charge in [0.2, 0.25) is 5.92 Å². The standard InChI is InChI=1S/C26H31F2N3O5/c1-17-13-22(30-36-17)29-23(32)16-31-11-8-18(9-12-31)21(15-31)35-24(33)26(34,19-5-3-2-4-6-19)20-7-10-25(27,28)14-20/h2-6,13,18,20-21,34H,7-12,14-16H2,1H3/p+1/t18?,20?,21-,26?,31?/m0/s1. The second-order valence-electron chi connectivity index (χ2n) is 10.7. The van der Waals surface area contributed by atoms with Crippen LogP contribution >= 0.6 is 0 Å². The number of aryl methyl sites for hydroxylation is 1. The lowest BCUT2D eigenvalue weighted by atomic mass is 9.79. The SMILES string of the molecule is Cc1cc(NC(=O)C[N+]23CCC(CC2)[C@@H](OC(=O)C(O)(c2ccccc2)C2CCC(F)(F)C2)C3)no1. The van der Waals surface area contributed by atoms with Gasteiger partial charge >= 0.3 is 5.97 Å². The van der Waals surface area contributed by atoms with E-state index in [1.54, 1.807) is 43.3 Å². The topological polar surface area (TPSA) is 102 Å². The Morgan fingerprint density at radius 1 is 1.25 bits per heavy atom. The van der Waals surface area contributed by atoms with E-state index < -0.39 is 35.9 Å². The average molecular weight is 505 g/mol. The quantitative estimate of drug-likeness (QED) is 0.443. The van der Waals surface area contributed by atoms with Crippen molar-refractivity contribution in [2.75, 3.05) is 31.5 Å². The number of alkyl halides is 2. The van der Waals surface area contributed by atoms with E-state index in [9.17, 15) is 23.5 Å². The van der Waals surface area contributed by atoms with Gasteiger partial charge in [-0.25, -0.2) is 13.6 Å². The van der Waals surface area contributed by atoms with Crippen molar-refractivity contribution in [3.63, 3.8) is 0 Å². The minimum Gasteiger partial charge on any atom is -0.454 e. The highest BCUT2D eigenvalue weighted by Gasteiger charge is 2.56. The number of carbonyl (C=O) groups excluding carboxylic acids is 2. The molecule has 3 aliphatic heterocycles. The molecular formula is C26H32F2N3O5+. The molecule has 2 bridgehead atoms. The van der Waals surface area contributed by atoms with Crippen LogP contribution in [0.3, 0.4) is 0 Å². The molecule has 2 aromatic rings. The van der Waals surface area contributed by atoms with Gasteiger partial charge in [-0.2, -0.15) is 0 Å². The lowest BCUT2D eigenvalue weighted by Crippen LogP contribution is -2.66. The maximum atomic E-state index is 14.1. The van der Waals surface area contributed by atoms with Crippen LogP contribution in [0.5, 0.6) is 0 Å². The summed E-state index contributed by atoms with van der Waals surface area (Å²) in [6.07, 6.45) is 0.150. The summed E-state index contributed by atoms with van der Waals surface area (Å²) in [5.74, 6) is -3.89. The molecule has 2 N–H and O–H groups in total. The fraction of sp³-hybridized carbons (Fsp3) is 0.577. The molecular weight excluding hydrogens is 472 g/mol. The highest BCUT2D eigenvalue weighted by atomic mass is 19.3. The van der Waals surface area contributed by atoms with Crippen LogP contribution < -0.4 is 5.32 Å². The predicted octanol–water partition coefficient (Wildman–Crippen LogP) is 3.40. The highest BCUT2D eigenvalue weighted by Crippen LogP contribution is 2.48. The number of amides is 1. The van der Waals surface area contributed by atoms with E-state index in [1.165, 1.54) is 0 Å². The molecule has 1 saturated carbocycles. The summed E-state index contributed by atoms with van der Waals surface area (Å²) < 4.78 is 39.6. The Morgan fingerprint density at radius 3 is 2.58 bits per heavy atom. The van der Waals surface area contributed by atoms with Gasteiger partial charge in [-0.05, 0) is 18.9 Å². The summed E-state index contributed by atoms with van der Waals surface area (Å²) in [5.41, 5.74) is -1.88. The predicted molar refractivity (Wildman–Crippen MR) is 125 cm³/mol. The Morgan fingerprint density at radius 2 is 1.97 bits per heavy atom. The van der Waals surface area contributed by atoms with E-state index in [0.717, 1.165) is 25.9 Å². The molecule has 1 aromatic heterocycles. The second kappa shape index (κ2) is 9.23. The summed E-state index contributed by atoms with van der Waals surface area (Å²) in [6, 6.07) is 9.89. The highest BCUT2D eigenvalue weighted by molar-refractivity contribution is 5.90. The number of hydrogen-bond acceptors (Lipinski definition) is 6. The monoisotopic (exact) mass is 504 g/mol. The number of esters is 1. The zero-order valence-electron chi connectivity index (χ0n) is 20.3. The van der Waals surface area contributed by atoms with Gasteiger partial charge in [0, 0.05) is 43.6 Å². The molecule has 1 aromatic carbocycles. The molecule has 3 saturated heterocycles. The normalized spacial score (nSPS) is 30.5. The van der Waals surface area contributed by atoms with E-state index >= 15 is 0 Å². The van der Waals surface area contributed by atoms with Crippen molar-refractivity contribution in [1.29, 1.82) is 0 Å². The van der Waals surface area contributed by atoms with Crippen molar-refractivity contribution < 1.29 is 37.2 Å². The molecule has 1 amide bonds. The molecule has 3 atom stereocenters. The number of anilines is 1. The third kappa shape index (κ3) is 4.76. The third-order valence-corrected chi connectivity index (χ3v) is 8.19. The van der Waals surface area contributed by atoms with Crippen molar-refractivity contribution in [1.82, 2.24) is 5.16 Å². The van der Waals surface area contributed by atoms with Crippen molar-refractivity contribution in [2.24, 2.45) is 11.8 Å². The van der Waals surface area contributed by atoms with E-state index in [1.807, 2.05) is 0 Å². The largest absolute Gasteiger partial charge is 0.454 e. The smallest absolute Gasteiger partial charge is 0.343 e. The number of quaternary nitrogens is 1. The lowest BCUT2D eigenvalue weighted by Gasteiger charge is -2.51. The molecule has 2 unspecified atom stereocenters. The van der Waals surface area contributed by atoms with Gasteiger partial charge < -0.3 is 24.2 Å². The van der Waals surface area contributed by atoms with Crippen molar-refractivity contribution in [3.05, 3.63) is 47.7 Å². The molecule has 10 heteroatoms. The van der Waals surface area contributed by atoms with Crippen LogP contribution in [0.15, 0.2) is 40.9 Å². The zero-order valence-corrected chi connectivity index (χ0v) is 20.3. The Kier molecular flexibility index (Phi) is 6.36. The summed E-state index contributed by atoms with van der Waals surface area (Å²) in [6.45, 7) is 3.93. The van der Waals surface area contributed by atoms with Gasteiger partial charge in [0.25, 0.3) is 5.91 Å². The lowest BCUT2D eigenvalue weighted by molar-refractivity contribution is -0.939. The van der Waals surface area contributed by atoms with Crippen LogP contribution in [-0.4, -0.2) is 64.8 Å². The summed E-state index contributed by atoms with van der Waals surface area (Å²) in [4.78, 5) is 26.3. The second-order valence-corrected chi connectivity index (χ2v) is 10.7. The van der Waals surface area contributed by atoms with Gasteiger partial charge in [-0.3, -0.25) is 4.79 Å². The van der Waals surface area contributed by atoms with Crippen LogP contribution in [0, 0.1) is 18.8 Å². The molecule has 4 heterocycles. The Balaban J connectivity index is 1.31. The number of nitrogens with one attached hydrogen (secondary N) is 1. The van der Waals surface area contributed by atoms with Gasteiger partial charge in [-0.1, -0.05) is 35.5 Å². The van der Waals surface area contributed by atoms with Gasteiger partial charge in [0.1, 0.15) is 12.3 Å². The van der Waals surface area contributed by atoms with Crippen molar-refractivity contribution in [3.8, 4) is 0 Å². The van der Waals surface area contributed by atoms with Gasteiger partial charge in [0.15, 0.2) is 24.1 Å². The maximum absolute atomic E-state index is 14.1. The van der Waals surface area contributed by atoms with Crippen molar-refractivity contribution in [2.45, 2.75) is 56.7 Å². The Labute approximate surface area is 208 Å². The molecule has 0 spiro atoms. The number of piperidine rings is 3. The minimum absolute atomic E-state index is 0.0310. The minimum atomic E-state index is -2.92. The number of benzene rings is 1. The van der Waals surface area contributed by atoms with Crippen LogP contribution in [-0.2, 0) is 19.9 Å². The fourth-order valence-corrected chi connectivity index (χ4v) is 6.24. The number of aromatic nitrogens is 1. The van der Waals surface area contributed by atoms with Crippen LogP contribution in [0.25, 0.3) is 0 Å². The van der Waals surface area contributed by atoms with Crippen LogP contribution in [0.2, 0.25) is 0 Å². The number of fused-ring (bicyclic) bond motifs is 3. The number of ether oxygens (including phenoxy) is 1. The van der Waals surface area contributed by atoms with Crippen LogP contribution in [0.1, 0.15) is 43.4 Å². The molecule has 36 heavy (non-hydrogen) atoms. The fourth-order valence-electron chi connectivity index (χ4n) is 6.24. The first-order valence-corrected chi connectivity index (χ1v) is 12.5. The molecule has 1 aliphatic carbocycles. The van der Waals surface area contributed by atoms with E-state index in [-0.39, 0.29) is 36.8 Å². The first-order valence-electron chi connectivity index (χ1n) is 12.5. The van der Waals surface area contributed by atoms with Gasteiger partial charge in [-0.15, -0.1) is 0 Å². The van der Waals surface area contributed by atoms with E-state index in [4.69, 9.17) is 9.26 Å². The molecule has 8 nitrogen and oxygen atoms in total. The number of aliphatic hydroxyl groups is 1. The summed E-state index contributed by atoms with van der Waals surface area (Å²) >= 11 is 0. The van der Waals surface area contributed by atoms with Gasteiger partial charge in [0.05, 0.1) is 13.1 Å². The van der Waals surface area contributed by atoms with E-state index in [2.05, 4.69) is 10.5 Å². The molecule has 194 valence electrons. The first-order chi connectivity index (χ1) is 17.1. The molecule has 6 rings (SSSR count). The number of carbonyl (C=O) groups is 2. The van der Waals surface area contributed by atoms with E-state index in [0.29, 0.717) is 22.6 Å². The summed E-state index contributed by atoms with van der Waals surface area (Å²) in [7, 11) is 0. The Bertz CT molecular complexity index is 1120. The number of halogens is 2. The van der Waals surface area contributed by atoms with Crippen LogP contribution in [0.4, 0.5) is 14.6 Å². The third-order valence-electron chi connectivity index (χ3n) is 8.19. The number of nitrogens with zero attached hydrogens (tertiary/aromatic N) is 2. The maximum Gasteiger partial charge on any atom is 0.343 e.